The van der Waals surface area contributed by atoms with Crippen LogP contribution in [-0.2, 0) is 11.2 Å². The fourth-order valence-corrected chi connectivity index (χ4v) is 3.46. The number of hydrogen-bond acceptors (Lipinski definition) is 4. The second-order valence-electron chi connectivity index (χ2n) is 7.67. The number of ether oxygens (including phenoxy) is 1. The first kappa shape index (κ1) is 17.3. The summed E-state index contributed by atoms with van der Waals surface area (Å²) in [6, 6.07) is 6.75. The lowest BCUT2D eigenvalue weighted by Gasteiger charge is -2.22. The molecule has 0 radical (unpaired) electrons. The zero-order valence-electron chi connectivity index (χ0n) is 15.5. The Morgan fingerprint density at radius 1 is 1.15 bits per heavy atom. The minimum Gasteiger partial charge on any atom is -0.443 e. The lowest BCUT2D eigenvalue weighted by molar-refractivity contribution is 0.0550. The van der Waals surface area contributed by atoms with Crippen molar-refractivity contribution in [3.8, 4) is 0 Å². The number of benzene rings is 1. The van der Waals surface area contributed by atoms with Gasteiger partial charge in [-0.1, -0.05) is 18.2 Å². The number of carbonyl (C=O) groups excluding carboxylic acids is 1. The van der Waals surface area contributed by atoms with Crippen molar-refractivity contribution in [2.24, 2.45) is 0 Å². The second kappa shape index (κ2) is 5.94. The average Bonchev–Trinajstić information content (AvgIpc) is 2.62. The van der Waals surface area contributed by atoms with Gasteiger partial charge in [0, 0.05) is 16.6 Å². The Labute approximate surface area is 155 Å². The van der Waals surface area contributed by atoms with Crippen LogP contribution in [0.15, 0.2) is 39.9 Å². The van der Waals surface area contributed by atoms with Gasteiger partial charge in [-0.2, -0.15) is 0 Å². The van der Waals surface area contributed by atoms with Crippen LogP contribution >= 0.6 is 0 Å². The van der Waals surface area contributed by atoms with E-state index in [0.717, 1.165) is 6.42 Å². The third-order valence-corrected chi connectivity index (χ3v) is 4.57. The van der Waals surface area contributed by atoms with Crippen molar-refractivity contribution >= 4 is 34.1 Å². The van der Waals surface area contributed by atoms with Gasteiger partial charge in [0.25, 0.3) is 0 Å². The van der Waals surface area contributed by atoms with E-state index in [2.05, 4.69) is 4.98 Å². The SMILES string of the molecule is CC(C)(C)OC(=O)n1c2ccccc2c(=O)c2[nH]c3c(c(=O)c21)CCC=C3. The third-order valence-electron chi connectivity index (χ3n) is 4.57. The van der Waals surface area contributed by atoms with E-state index < -0.39 is 11.7 Å². The maximum atomic E-state index is 13.2. The van der Waals surface area contributed by atoms with Gasteiger partial charge in [-0.05, 0) is 51.8 Å². The van der Waals surface area contributed by atoms with Crippen molar-refractivity contribution in [1.82, 2.24) is 9.55 Å². The molecule has 4 rings (SSSR count). The minimum absolute atomic E-state index is 0.0435. The third kappa shape index (κ3) is 2.77. The van der Waals surface area contributed by atoms with Gasteiger partial charge in [-0.15, -0.1) is 0 Å². The number of fused-ring (bicyclic) bond motifs is 3. The molecule has 0 fully saturated rings. The van der Waals surface area contributed by atoms with Crippen LogP contribution in [0.5, 0.6) is 0 Å². The van der Waals surface area contributed by atoms with Crippen molar-refractivity contribution < 1.29 is 9.53 Å². The van der Waals surface area contributed by atoms with Crippen LogP contribution in [0.1, 0.15) is 38.4 Å². The average molecular weight is 364 g/mol. The van der Waals surface area contributed by atoms with Crippen LogP contribution in [0.25, 0.3) is 28.0 Å². The predicted molar refractivity (Wildman–Crippen MR) is 105 cm³/mol. The molecule has 1 aliphatic rings. The van der Waals surface area contributed by atoms with E-state index in [1.54, 1.807) is 45.0 Å². The van der Waals surface area contributed by atoms with Gasteiger partial charge in [-0.25, -0.2) is 9.36 Å². The molecule has 138 valence electrons. The summed E-state index contributed by atoms with van der Waals surface area (Å²) in [6.45, 7) is 5.28. The first-order valence-corrected chi connectivity index (χ1v) is 8.90. The molecule has 2 heterocycles. The Morgan fingerprint density at radius 2 is 1.89 bits per heavy atom. The molecule has 0 saturated heterocycles. The van der Waals surface area contributed by atoms with E-state index in [-0.39, 0.29) is 21.9 Å². The highest BCUT2D eigenvalue weighted by Gasteiger charge is 2.25. The molecule has 0 atom stereocenters. The quantitative estimate of drug-likeness (QED) is 0.618. The molecule has 0 unspecified atom stereocenters. The van der Waals surface area contributed by atoms with Crippen LogP contribution in [-0.4, -0.2) is 21.2 Å². The first-order chi connectivity index (χ1) is 12.8. The van der Waals surface area contributed by atoms with Crippen LogP contribution in [0.2, 0.25) is 0 Å². The van der Waals surface area contributed by atoms with Crippen molar-refractivity contribution in [2.45, 2.75) is 39.2 Å². The van der Waals surface area contributed by atoms with Gasteiger partial charge >= 0.3 is 6.09 Å². The molecule has 27 heavy (non-hydrogen) atoms. The summed E-state index contributed by atoms with van der Waals surface area (Å²) in [7, 11) is 0. The Bertz CT molecular complexity index is 1240. The summed E-state index contributed by atoms with van der Waals surface area (Å²) in [5, 5.41) is 0.353. The van der Waals surface area contributed by atoms with Gasteiger partial charge in [0.2, 0.25) is 10.9 Å². The zero-order valence-corrected chi connectivity index (χ0v) is 15.5. The van der Waals surface area contributed by atoms with E-state index in [0.29, 0.717) is 28.6 Å². The van der Waals surface area contributed by atoms with Gasteiger partial charge in [0.1, 0.15) is 16.6 Å². The predicted octanol–water partition coefficient (Wildman–Crippen LogP) is 3.59. The summed E-state index contributed by atoms with van der Waals surface area (Å²) >= 11 is 0. The molecule has 0 aliphatic heterocycles. The molecule has 1 N–H and O–H groups in total. The highest BCUT2D eigenvalue weighted by molar-refractivity contribution is 6.00. The molecule has 2 aromatic heterocycles. The van der Waals surface area contributed by atoms with Crippen LogP contribution in [0.4, 0.5) is 4.79 Å². The Balaban J connectivity index is 2.20. The molecule has 0 bridgehead atoms. The zero-order chi connectivity index (χ0) is 19.3. The maximum absolute atomic E-state index is 13.2. The molecule has 1 aromatic carbocycles. The fraction of sp³-hybridized carbons (Fsp3) is 0.286. The van der Waals surface area contributed by atoms with E-state index >= 15 is 0 Å². The highest BCUT2D eigenvalue weighted by Crippen LogP contribution is 2.22. The van der Waals surface area contributed by atoms with Gasteiger partial charge < -0.3 is 9.72 Å². The fourth-order valence-electron chi connectivity index (χ4n) is 3.46. The van der Waals surface area contributed by atoms with Gasteiger partial charge in [-0.3, -0.25) is 9.59 Å². The standard InChI is InChI=1S/C21H20N2O4/c1-21(2,3)27-20(26)23-15-11-7-5-9-13(15)18(24)16-17(23)19(25)12-8-4-6-10-14(12)22-16/h5-7,9-11H,4,8H2,1-3H3,(H,22,25). The number of aromatic nitrogens is 2. The van der Waals surface area contributed by atoms with E-state index in [1.165, 1.54) is 4.57 Å². The summed E-state index contributed by atoms with van der Waals surface area (Å²) in [5.74, 6) is 0. The minimum atomic E-state index is -0.739. The first-order valence-electron chi connectivity index (χ1n) is 8.90. The number of carbonyl (C=O) groups is 1. The molecule has 6 heteroatoms. The molecular weight excluding hydrogens is 344 g/mol. The normalized spacial score (nSPS) is 13.7. The highest BCUT2D eigenvalue weighted by atomic mass is 16.6. The van der Waals surface area contributed by atoms with E-state index in [9.17, 15) is 14.4 Å². The number of rotatable bonds is 0. The number of nitrogens with zero attached hydrogens (tertiary/aromatic N) is 1. The molecule has 6 nitrogen and oxygen atoms in total. The van der Waals surface area contributed by atoms with Crippen LogP contribution < -0.4 is 10.9 Å². The topological polar surface area (TPSA) is 81.2 Å². The van der Waals surface area contributed by atoms with Crippen molar-refractivity contribution in [1.29, 1.82) is 0 Å². The second-order valence-corrected chi connectivity index (χ2v) is 7.67. The van der Waals surface area contributed by atoms with Crippen molar-refractivity contribution in [2.75, 3.05) is 0 Å². The van der Waals surface area contributed by atoms with Crippen LogP contribution in [0, 0.1) is 0 Å². The van der Waals surface area contributed by atoms with E-state index in [4.69, 9.17) is 4.74 Å². The Morgan fingerprint density at radius 3 is 2.63 bits per heavy atom. The number of aromatic amines is 1. The van der Waals surface area contributed by atoms with Gasteiger partial charge in [0.15, 0.2) is 0 Å². The van der Waals surface area contributed by atoms with Crippen molar-refractivity contribution in [3.05, 3.63) is 62.0 Å². The smallest absolute Gasteiger partial charge is 0.419 e. The maximum Gasteiger partial charge on any atom is 0.419 e. The Hall–Kier alpha value is -3.15. The number of para-hydroxylation sites is 1. The summed E-state index contributed by atoms with van der Waals surface area (Å²) in [4.78, 5) is 42.3. The largest absolute Gasteiger partial charge is 0.443 e. The molecule has 0 saturated carbocycles. The van der Waals surface area contributed by atoms with Crippen molar-refractivity contribution in [3.63, 3.8) is 0 Å². The Kier molecular flexibility index (Phi) is 3.80. The number of pyridine rings is 2. The van der Waals surface area contributed by atoms with Crippen LogP contribution in [0.3, 0.4) is 0 Å². The summed E-state index contributed by atoms with van der Waals surface area (Å²) in [5.41, 5.74) is 0.380. The molecule has 0 amide bonds. The number of hydrogen-bond donors (Lipinski definition) is 1. The molecule has 1 aliphatic carbocycles. The number of allylic oxidation sites excluding steroid dienone is 1. The molecule has 0 spiro atoms. The lowest BCUT2D eigenvalue weighted by atomic mass is 10.00. The summed E-state index contributed by atoms with van der Waals surface area (Å²) < 4.78 is 6.77. The van der Waals surface area contributed by atoms with E-state index in [1.807, 2.05) is 12.2 Å². The lowest BCUT2D eigenvalue weighted by Crippen LogP contribution is -2.31. The number of H-pyrrole nitrogens is 1. The monoisotopic (exact) mass is 364 g/mol. The molecule has 3 aromatic rings. The number of nitrogens with one attached hydrogen (secondary N) is 1. The molecular formula is C21H20N2O4. The van der Waals surface area contributed by atoms with Gasteiger partial charge in [0.05, 0.1) is 5.52 Å². The summed E-state index contributed by atoms with van der Waals surface area (Å²) in [6.07, 6.45) is 4.39.